The van der Waals surface area contributed by atoms with Gasteiger partial charge in [-0.25, -0.2) is 0 Å². The molecule has 0 bridgehead atoms. The quantitative estimate of drug-likeness (QED) is 0.329. The molecule has 0 nitrogen and oxygen atoms in total. The van der Waals surface area contributed by atoms with E-state index in [0.29, 0.717) is 0 Å². The van der Waals surface area contributed by atoms with Crippen molar-refractivity contribution in [2.75, 3.05) is 0 Å². The Kier molecular flexibility index (Phi) is 6.11. The zero-order valence-electron chi connectivity index (χ0n) is 14.2. The number of benzene rings is 4. The van der Waals surface area contributed by atoms with Crippen LogP contribution in [0.5, 0.6) is 0 Å². The number of rotatable bonds is 5. The average Bonchev–Trinajstić information content (AvgIpc) is 2.71. The van der Waals surface area contributed by atoms with Crippen molar-refractivity contribution in [3.05, 3.63) is 109 Å². The van der Waals surface area contributed by atoms with Gasteiger partial charge in [-0.2, -0.15) is 0 Å². The third-order valence-corrected chi connectivity index (χ3v) is 9.80. The Morgan fingerprint density at radius 2 is 0.615 bits per heavy atom. The molecule has 0 N–H and O–H groups in total. The number of hydrogen-bond acceptors (Lipinski definition) is 0. The molecule has 4 aromatic rings. The molecule has 0 aliphatic carbocycles. The van der Waals surface area contributed by atoms with Gasteiger partial charge in [0.15, 0.2) is 0 Å². The summed E-state index contributed by atoms with van der Waals surface area (Å²) >= 11 is -0.556. The van der Waals surface area contributed by atoms with Crippen LogP contribution in [0.4, 0.5) is 0 Å². The first kappa shape index (κ1) is 17.9. The predicted octanol–water partition coefficient (Wildman–Crippen LogP) is 2.66. The van der Waals surface area contributed by atoms with E-state index < -0.39 is 0 Å². The first-order valence-corrected chi connectivity index (χ1v) is 13.2. The second-order valence-corrected chi connectivity index (χ2v) is 12.4. The van der Waals surface area contributed by atoms with Crippen LogP contribution in [0.1, 0.15) is 0 Å². The Bertz CT molecular complexity index is 861. The summed E-state index contributed by atoms with van der Waals surface area (Å²) in [5.74, 6) is 0. The molecule has 126 valence electrons. The van der Waals surface area contributed by atoms with Gasteiger partial charge in [0.05, 0.1) is 0 Å². The van der Waals surface area contributed by atoms with E-state index in [0.717, 1.165) is 0 Å². The maximum absolute atomic E-state index is 2.30. The molecule has 0 saturated carbocycles. The van der Waals surface area contributed by atoms with Crippen molar-refractivity contribution in [2.24, 2.45) is 0 Å². The normalized spacial score (nSPS) is 10.6. The second-order valence-electron chi connectivity index (χ2n) is 5.88. The molecule has 0 amide bonds. The molecule has 0 fully saturated rings. The summed E-state index contributed by atoms with van der Waals surface area (Å²) in [5.41, 5.74) is 2.61. The molecule has 0 aliphatic heterocycles. The molecule has 26 heavy (non-hydrogen) atoms. The summed E-state index contributed by atoms with van der Waals surface area (Å²) in [6, 6.07) is 40.0. The molecule has 0 radical (unpaired) electrons. The van der Waals surface area contributed by atoms with Gasteiger partial charge in [0.1, 0.15) is 0 Å². The van der Waals surface area contributed by atoms with Crippen LogP contribution in [0.25, 0.3) is 11.1 Å². The van der Waals surface area contributed by atoms with Crippen LogP contribution < -0.4 is 14.4 Å². The van der Waals surface area contributed by atoms with Gasteiger partial charge in [-0.05, 0) is 0 Å². The van der Waals surface area contributed by atoms with Gasteiger partial charge < -0.3 is 0 Å². The van der Waals surface area contributed by atoms with Gasteiger partial charge in [0, 0.05) is 0 Å². The van der Waals surface area contributed by atoms with Crippen LogP contribution in [0.15, 0.2) is 109 Å². The molecule has 2 heteroatoms. The van der Waals surface area contributed by atoms with Gasteiger partial charge in [-0.15, -0.1) is 0 Å². The average molecular weight is 562 g/mol. The molecule has 0 atom stereocenters. The van der Waals surface area contributed by atoms with Gasteiger partial charge in [0.25, 0.3) is 0 Å². The fraction of sp³-hybridized carbons (Fsp3) is 0. The SMILES string of the molecule is c1ccc([Te]c2ccc(-c3ccc([Te]c4ccccc4)cc3)cc2)cc1. The predicted molar refractivity (Wildman–Crippen MR) is 115 cm³/mol. The molecule has 0 heterocycles. The van der Waals surface area contributed by atoms with E-state index in [-0.39, 0.29) is 41.8 Å². The van der Waals surface area contributed by atoms with E-state index in [9.17, 15) is 0 Å². The summed E-state index contributed by atoms with van der Waals surface area (Å²) in [5, 5.41) is 0. The minimum atomic E-state index is -0.278. The maximum atomic E-state index is 2.30. The van der Waals surface area contributed by atoms with Crippen molar-refractivity contribution in [3.63, 3.8) is 0 Å². The van der Waals surface area contributed by atoms with Crippen molar-refractivity contribution in [1.82, 2.24) is 0 Å². The Morgan fingerprint density at radius 1 is 0.308 bits per heavy atom. The van der Waals surface area contributed by atoms with E-state index in [1.54, 1.807) is 0 Å². The Hall–Kier alpha value is -1.54. The van der Waals surface area contributed by atoms with Crippen LogP contribution in [0, 0.1) is 0 Å². The summed E-state index contributed by atoms with van der Waals surface area (Å²) in [7, 11) is 0. The second kappa shape index (κ2) is 8.90. The molecular formula is C24H18Te2. The van der Waals surface area contributed by atoms with Crippen LogP contribution in [-0.4, -0.2) is 41.8 Å². The Balaban J connectivity index is 1.45. The van der Waals surface area contributed by atoms with Crippen molar-refractivity contribution < 1.29 is 0 Å². The summed E-state index contributed by atoms with van der Waals surface area (Å²) < 4.78 is 5.94. The van der Waals surface area contributed by atoms with E-state index >= 15 is 0 Å². The van der Waals surface area contributed by atoms with E-state index in [1.807, 2.05) is 0 Å². The molecule has 0 saturated heterocycles. The standard InChI is InChI=1S/C24H18Te2/c1-3-7-21(8-4-1)25-23-15-11-19(12-16-23)20-13-17-24(18-14-20)26-22-9-5-2-6-10-22/h1-18H. The van der Waals surface area contributed by atoms with Gasteiger partial charge in [-0.3, -0.25) is 0 Å². The first-order valence-electron chi connectivity index (χ1n) is 8.53. The van der Waals surface area contributed by atoms with Crippen LogP contribution in [0.3, 0.4) is 0 Å². The molecule has 4 rings (SSSR count). The van der Waals surface area contributed by atoms with Crippen molar-refractivity contribution in [1.29, 1.82) is 0 Å². The van der Waals surface area contributed by atoms with Crippen LogP contribution in [-0.2, 0) is 0 Å². The molecule has 0 aromatic heterocycles. The third-order valence-electron chi connectivity index (χ3n) is 4.00. The summed E-state index contributed by atoms with van der Waals surface area (Å²) in [6.07, 6.45) is 0. The first-order chi connectivity index (χ1) is 12.9. The van der Waals surface area contributed by atoms with E-state index in [4.69, 9.17) is 0 Å². The minimum absolute atomic E-state index is 0.278. The zero-order chi connectivity index (χ0) is 17.6. The van der Waals surface area contributed by atoms with Crippen LogP contribution >= 0.6 is 0 Å². The molecule has 0 aliphatic rings. The Labute approximate surface area is 175 Å². The zero-order valence-corrected chi connectivity index (χ0v) is 18.9. The van der Waals surface area contributed by atoms with Crippen molar-refractivity contribution in [3.8, 4) is 11.1 Å². The third kappa shape index (κ3) is 4.79. The monoisotopic (exact) mass is 566 g/mol. The van der Waals surface area contributed by atoms with E-state index in [2.05, 4.69) is 109 Å². The molecule has 0 spiro atoms. The van der Waals surface area contributed by atoms with Crippen molar-refractivity contribution in [2.45, 2.75) is 0 Å². The Morgan fingerprint density at radius 3 is 0.962 bits per heavy atom. The van der Waals surface area contributed by atoms with Gasteiger partial charge in [-0.1, -0.05) is 0 Å². The topological polar surface area (TPSA) is 0 Å². The fourth-order valence-electron chi connectivity index (χ4n) is 2.68. The molecule has 0 unspecified atom stereocenters. The van der Waals surface area contributed by atoms with Crippen LogP contribution in [0.2, 0.25) is 0 Å². The fourth-order valence-corrected chi connectivity index (χ4v) is 7.46. The van der Waals surface area contributed by atoms with Gasteiger partial charge >= 0.3 is 177 Å². The summed E-state index contributed by atoms with van der Waals surface area (Å²) in [4.78, 5) is 0. The molecule has 4 aromatic carbocycles. The summed E-state index contributed by atoms with van der Waals surface area (Å²) in [6.45, 7) is 0. The van der Waals surface area contributed by atoms with E-state index in [1.165, 1.54) is 25.6 Å². The van der Waals surface area contributed by atoms with Gasteiger partial charge in [0.2, 0.25) is 0 Å². The number of hydrogen-bond donors (Lipinski definition) is 0. The molecular weight excluding hydrogens is 543 g/mol. The van der Waals surface area contributed by atoms with Crippen molar-refractivity contribution >= 4 is 56.3 Å².